The molecule has 0 radical (unpaired) electrons. The second-order valence-electron chi connectivity index (χ2n) is 5.13. The van der Waals surface area contributed by atoms with Crippen molar-refractivity contribution in [2.45, 2.75) is 39.8 Å². The van der Waals surface area contributed by atoms with Crippen molar-refractivity contribution in [1.82, 2.24) is 0 Å². The third-order valence-electron chi connectivity index (χ3n) is 3.79. The van der Waals surface area contributed by atoms with Crippen molar-refractivity contribution in [3.05, 3.63) is 0 Å². The van der Waals surface area contributed by atoms with Crippen molar-refractivity contribution < 1.29 is 23.1 Å². The zero-order chi connectivity index (χ0) is 12.7. The van der Waals surface area contributed by atoms with E-state index in [4.69, 9.17) is 5.11 Å². The van der Waals surface area contributed by atoms with Crippen LogP contribution in [0.4, 0.5) is 13.2 Å². The summed E-state index contributed by atoms with van der Waals surface area (Å²) in [5.74, 6) is -2.07. The molecule has 1 fully saturated rings. The number of rotatable bonds is 4. The van der Waals surface area contributed by atoms with Gasteiger partial charge in [0.1, 0.15) is 0 Å². The molecule has 2 nitrogen and oxygen atoms in total. The maximum Gasteiger partial charge on any atom is 0.405 e. The summed E-state index contributed by atoms with van der Waals surface area (Å²) < 4.78 is 38.0. The van der Waals surface area contributed by atoms with Crippen LogP contribution < -0.4 is 0 Å². The zero-order valence-electron chi connectivity index (χ0n) is 9.64. The first-order valence-electron chi connectivity index (χ1n) is 5.43. The Hall–Kier alpha value is -0.740. The third kappa shape index (κ3) is 2.04. The highest BCUT2D eigenvalue weighted by atomic mass is 19.4. The number of hydrogen-bond acceptors (Lipinski definition) is 1. The molecule has 0 amide bonds. The Kier molecular flexibility index (Phi) is 3.27. The third-order valence-corrected chi connectivity index (χ3v) is 3.79. The molecule has 94 valence electrons. The highest BCUT2D eigenvalue weighted by Gasteiger charge is 2.75. The first-order valence-corrected chi connectivity index (χ1v) is 5.43. The standard InChI is InChI=1S/C11H17F3O2/c1-6(2)7(3)4-8-5-10(8,9(15)16)11(12,13)14/h6-8H,4-5H2,1-3H3,(H,15,16). The summed E-state index contributed by atoms with van der Waals surface area (Å²) in [6, 6.07) is 0. The maximum absolute atomic E-state index is 12.7. The molecule has 1 rings (SSSR count). The molecule has 0 saturated heterocycles. The van der Waals surface area contributed by atoms with Gasteiger partial charge in [0.15, 0.2) is 5.41 Å². The lowest BCUT2D eigenvalue weighted by atomic mass is 9.89. The quantitative estimate of drug-likeness (QED) is 0.815. The van der Waals surface area contributed by atoms with Gasteiger partial charge in [-0.2, -0.15) is 13.2 Å². The first kappa shape index (κ1) is 13.3. The zero-order valence-corrected chi connectivity index (χ0v) is 9.64. The van der Waals surface area contributed by atoms with E-state index in [0.29, 0.717) is 6.42 Å². The fourth-order valence-electron chi connectivity index (χ4n) is 2.07. The van der Waals surface area contributed by atoms with Crippen LogP contribution in [0.25, 0.3) is 0 Å². The van der Waals surface area contributed by atoms with Crippen molar-refractivity contribution in [3.8, 4) is 0 Å². The number of hydrogen-bond donors (Lipinski definition) is 1. The van der Waals surface area contributed by atoms with E-state index in [1.165, 1.54) is 0 Å². The molecular formula is C11H17F3O2. The number of carboxylic acid groups (broad SMARTS) is 1. The van der Waals surface area contributed by atoms with Crippen LogP contribution in [-0.4, -0.2) is 17.3 Å². The highest BCUT2D eigenvalue weighted by molar-refractivity contribution is 5.79. The average molecular weight is 238 g/mol. The number of halogens is 3. The molecule has 1 saturated carbocycles. The molecule has 3 unspecified atom stereocenters. The number of alkyl halides is 3. The Morgan fingerprint density at radius 2 is 1.94 bits per heavy atom. The minimum atomic E-state index is -4.62. The van der Waals surface area contributed by atoms with Gasteiger partial charge < -0.3 is 5.11 Å². The van der Waals surface area contributed by atoms with E-state index in [-0.39, 0.29) is 18.3 Å². The number of carbonyl (C=O) groups is 1. The van der Waals surface area contributed by atoms with Crippen molar-refractivity contribution in [2.75, 3.05) is 0 Å². The van der Waals surface area contributed by atoms with E-state index in [2.05, 4.69) is 0 Å². The molecule has 0 spiro atoms. The summed E-state index contributed by atoms with van der Waals surface area (Å²) in [6.45, 7) is 5.73. The van der Waals surface area contributed by atoms with Gasteiger partial charge in [0.05, 0.1) is 0 Å². The van der Waals surface area contributed by atoms with Gasteiger partial charge in [-0.3, -0.25) is 4.79 Å². The summed E-state index contributed by atoms with van der Waals surface area (Å²) in [5.41, 5.74) is -2.46. The van der Waals surface area contributed by atoms with Gasteiger partial charge in [0, 0.05) is 0 Å². The molecule has 3 atom stereocenters. The van der Waals surface area contributed by atoms with E-state index in [0.717, 1.165) is 0 Å². The topological polar surface area (TPSA) is 37.3 Å². The smallest absolute Gasteiger partial charge is 0.405 e. The molecule has 16 heavy (non-hydrogen) atoms. The van der Waals surface area contributed by atoms with Gasteiger partial charge in [-0.1, -0.05) is 20.8 Å². The summed E-state index contributed by atoms with van der Waals surface area (Å²) >= 11 is 0. The van der Waals surface area contributed by atoms with Gasteiger partial charge in [0.2, 0.25) is 0 Å². The van der Waals surface area contributed by atoms with Crippen molar-refractivity contribution in [2.24, 2.45) is 23.2 Å². The Labute approximate surface area is 92.8 Å². The maximum atomic E-state index is 12.7. The van der Waals surface area contributed by atoms with Gasteiger partial charge in [-0.05, 0) is 30.6 Å². The Morgan fingerprint density at radius 1 is 1.44 bits per heavy atom. The van der Waals surface area contributed by atoms with Crippen LogP contribution in [0.3, 0.4) is 0 Å². The van der Waals surface area contributed by atoms with E-state index in [9.17, 15) is 18.0 Å². The molecule has 0 aliphatic heterocycles. The molecule has 1 aliphatic carbocycles. The molecule has 0 aromatic carbocycles. The van der Waals surface area contributed by atoms with Crippen LogP contribution in [0.1, 0.15) is 33.6 Å². The van der Waals surface area contributed by atoms with Gasteiger partial charge in [-0.25, -0.2) is 0 Å². The lowest BCUT2D eigenvalue weighted by molar-refractivity contribution is -0.207. The molecular weight excluding hydrogens is 221 g/mol. The largest absolute Gasteiger partial charge is 0.481 e. The summed E-state index contributed by atoms with van der Waals surface area (Å²) in [5, 5.41) is 8.74. The average Bonchev–Trinajstić information content (AvgIpc) is 2.78. The second-order valence-corrected chi connectivity index (χ2v) is 5.13. The van der Waals surface area contributed by atoms with Gasteiger partial charge in [-0.15, -0.1) is 0 Å². The van der Waals surface area contributed by atoms with Crippen LogP contribution in [0, 0.1) is 23.2 Å². The molecule has 5 heteroatoms. The fraction of sp³-hybridized carbons (Fsp3) is 0.909. The van der Waals surface area contributed by atoms with Gasteiger partial charge >= 0.3 is 12.1 Å². The summed E-state index contributed by atoms with van der Waals surface area (Å²) in [6.07, 6.45) is -4.55. The van der Waals surface area contributed by atoms with E-state index in [1.807, 2.05) is 20.8 Å². The molecule has 0 aromatic rings. The molecule has 1 N–H and O–H groups in total. The van der Waals surface area contributed by atoms with Crippen molar-refractivity contribution >= 4 is 5.97 Å². The van der Waals surface area contributed by atoms with Crippen LogP contribution >= 0.6 is 0 Å². The SMILES string of the molecule is CC(C)C(C)CC1CC1(C(=O)O)C(F)(F)F. The van der Waals surface area contributed by atoms with Crippen LogP contribution in [-0.2, 0) is 4.79 Å². The predicted molar refractivity (Wildman–Crippen MR) is 52.8 cm³/mol. The highest BCUT2D eigenvalue weighted by Crippen LogP contribution is 2.64. The van der Waals surface area contributed by atoms with E-state index >= 15 is 0 Å². The second kappa shape index (κ2) is 3.93. The Morgan fingerprint density at radius 3 is 2.19 bits per heavy atom. The first-order chi connectivity index (χ1) is 7.13. The summed E-state index contributed by atoms with van der Waals surface area (Å²) in [7, 11) is 0. The predicted octanol–water partition coefficient (Wildman–Crippen LogP) is 3.32. The minimum Gasteiger partial charge on any atom is -0.481 e. The molecule has 0 heterocycles. The van der Waals surface area contributed by atoms with Crippen LogP contribution in [0.5, 0.6) is 0 Å². The summed E-state index contributed by atoms with van der Waals surface area (Å²) in [4.78, 5) is 10.8. The van der Waals surface area contributed by atoms with Crippen LogP contribution in [0.15, 0.2) is 0 Å². The number of aliphatic carboxylic acids is 1. The van der Waals surface area contributed by atoms with Crippen molar-refractivity contribution in [1.29, 1.82) is 0 Å². The Bertz CT molecular complexity index is 285. The minimum absolute atomic E-state index is 0.119. The fourth-order valence-corrected chi connectivity index (χ4v) is 2.07. The normalized spacial score (nSPS) is 31.6. The van der Waals surface area contributed by atoms with E-state index in [1.54, 1.807) is 0 Å². The Balaban J connectivity index is 2.72. The molecule has 0 bridgehead atoms. The van der Waals surface area contributed by atoms with E-state index < -0.39 is 23.5 Å². The monoisotopic (exact) mass is 238 g/mol. The van der Waals surface area contributed by atoms with Crippen LogP contribution in [0.2, 0.25) is 0 Å². The lowest BCUT2D eigenvalue weighted by Crippen LogP contribution is -2.35. The molecule has 0 aromatic heterocycles. The molecule has 1 aliphatic rings. The van der Waals surface area contributed by atoms with Gasteiger partial charge in [0.25, 0.3) is 0 Å². The van der Waals surface area contributed by atoms with Crippen molar-refractivity contribution in [3.63, 3.8) is 0 Å². The number of carboxylic acids is 1. The lowest BCUT2D eigenvalue weighted by Gasteiger charge is -2.19.